The van der Waals surface area contributed by atoms with Crippen LogP contribution in [-0.2, 0) is 0 Å². The Balaban J connectivity index is 2.28. The van der Waals surface area contributed by atoms with Gasteiger partial charge in [0.25, 0.3) is 0 Å². The minimum atomic E-state index is 0.692. The second kappa shape index (κ2) is 4.71. The number of hydrogen-bond acceptors (Lipinski definition) is 2. The monoisotopic (exact) mass is 222 g/mol. The summed E-state index contributed by atoms with van der Waals surface area (Å²) in [4.78, 5) is 0. The molecule has 0 amide bonds. The molecule has 0 aliphatic heterocycles. The fourth-order valence-electron chi connectivity index (χ4n) is 1.75. The predicted molar refractivity (Wildman–Crippen MR) is 70.4 cm³/mol. The lowest BCUT2D eigenvalue weighted by Gasteiger charge is -2.10. The molecule has 0 aromatic heterocycles. The van der Waals surface area contributed by atoms with Crippen molar-refractivity contribution >= 4 is 11.4 Å². The average Bonchev–Trinajstić information content (AvgIpc) is 2.32. The molecule has 84 valence electrons. The zero-order chi connectivity index (χ0) is 12.3. The third kappa shape index (κ3) is 2.64. The second-order valence-electron chi connectivity index (χ2n) is 4.14. The summed E-state index contributed by atoms with van der Waals surface area (Å²) >= 11 is 0. The van der Waals surface area contributed by atoms with E-state index in [9.17, 15) is 0 Å². The summed E-state index contributed by atoms with van der Waals surface area (Å²) in [6.07, 6.45) is 0. The van der Waals surface area contributed by atoms with Gasteiger partial charge in [0.15, 0.2) is 0 Å². The number of hydrogen-bond donors (Lipinski definition) is 1. The summed E-state index contributed by atoms with van der Waals surface area (Å²) in [5, 5.41) is 12.2. The molecule has 0 heterocycles. The number of benzene rings is 2. The van der Waals surface area contributed by atoms with E-state index in [-0.39, 0.29) is 0 Å². The van der Waals surface area contributed by atoms with Crippen molar-refractivity contribution in [1.29, 1.82) is 5.26 Å². The van der Waals surface area contributed by atoms with Crippen molar-refractivity contribution in [3.8, 4) is 6.07 Å². The van der Waals surface area contributed by atoms with Crippen LogP contribution in [0.15, 0.2) is 42.5 Å². The Bertz CT molecular complexity index is 580. The Morgan fingerprint density at radius 1 is 1.06 bits per heavy atom. The maximum absolute atomic E-state index is 8.81. The first-order valence-corrected chi connectivity index (χ1v) is 5.53. The summed E-state index contributed by atoms with van der Waals surface area (Å²) in [6.45, 7) is 4.07. The van der Waals surface area contributed by atoms with E-state index < -0.39 is 0 Å². The van der Waals surface area contributed by atoms with E-state index in [1.165, 1.54) is 5.56 Å². The highest BCUT2D eigenvalue weighted by Gasteiger charge is 2.00. The first-order valence-electron chi connectivity index (χ1n) is 5.53. The number of rotatable bonds is 2. The Hall–Kier alpha value is -2.27. The van der Waals surface area contributed by atoms with Crippen LogP contribution in [0.25, 0.3) is 0 Å². The quantitative estimate of drug-likeness (QED) is 0.836. The number of nitrogens with zero attached hydrogens (tertiary/aromatic N) is 1. The molecule has 2 heteroatoms. The van der Waals surface area contributed by atoms with Gasteiger partial charge in [-0.25, -0.2) is 0 Å². The molecular weight excluding hydrogens is 208 g/mol. The van der Waals surface area contributed by atoms with E-state index in [1.54, 1.807) is 0 Å². The van der Waals surface area contributed by atoms with Crippen molar-refractivity contribution in [3.05, 3.63) is 59.2 Å². The number of aryl methyl sites for hydroxylation is 2. The molecular formula is C15H14N2. The lowest BCUT2D eigenvalue weighted by Crippen LogP contribution is -1.93. The van der Waals surface area contributed by atoms with Crippen LogP contribution in [0.5, 0.6) is 0 Å². The zero-order valence-electron chi connectivity index (χ0n) is 9.99. The number of nitrogens with one attached hydrogen (secondary N) is 1. The van der Waals surface area contributed by atoms with Crippen molar-refractivity contribution in [1.82, 2.24) is 0 Å². The van der Waals surface area contributed by atoms with Crippen molar-refractivity contribution in [2.45, 2.75) is 13.8 Å². The molecule has 0 unspecified atom stereocenters. The van der Waals surface area contributed by atoms with Crippen molar-refractivity contribution in [2.75, 3.05) is 5.32 Å². The molecule has 2 rings (SSSR count). The molecule has 2 aromatic carbocycles. The summed E-state index contributed by atoms with van der Waals surface area (Å²) < 4.78 is 0. The van der Waals surface area contributed by atoms with E-state index in [1.807, 2.05) is 37.3 Å². The maximum atomic E-state index is 8.81. The minimum absolute atomic E-state index is 0.692. The van der Waals surface area contributed by atoms with Crippen molar-refractivity contribution < 1.29 is 0 Å². The Kier molecular flexibility index (Phi) is 3.11. The lowest BCUT2D eigenvalue weighted by atomic mass is 10.1. The highest BCUT2D eigenvalue weighted by atomic mass is 14.9. The van der Waals surface area contributed by atoms with Gasteiger partial charge >= 0.3 is 0 Å². The summed E-state index contributed by atoms with van der Waals surface area (Å²) in [5.74, 6) is 0. The van der Waals surface area contributed by atoms with Gasteiger partial charge in [-0.05, 0) is 55.3 Å². The molecule has 0 bridgehead atoms. The van der Waals surface area contributed by atoms with Crippen LogP contribution in [0.4, 0.5) is 11.4 Å². The van der Waals surface area contributed by atoms with Gasteiger partial charge in [-0.2, -0.15) is 5.26 Å². The molecule has 0 fully saturated rings. The average molecular weight is 222 g/mol. The van der Waals surface area contributed by atoms with Crippen LogP contribution >= 0.6 is 0 Å². The highest BCUT2D eigenvalue weighted by molar-refractivity contribution is 5.64. The molecule has 2 aromatic rings. The first-order chi connectivity index (χ1) is 8.19. The molecule has 0 spiro atoms. The number of anilines is 2. The minimum Gasteiger partial charge on any atom is -0.355 e. The third-order valence-electron chi connectivity index (χ3n) is 2.65. The largest absolute Gasteiger partial charge is 0.355 e. The standard InChI is InChI=1S/C15H14N2/c1-11-4-3-5-14(8-11)17-15-7-6-13(10-16)9-12(15)2/h3-9,17H,1-2H3. The number of nitriles is 1. The van der Waals surface area contributed by atoms with Gasteiger partial charge in [0, 0.05) is 11.4 Å². The van der Waals surface area contributed by atoms with Gasteiger partial charge in [-0.1, -0.05) is 12.1 Å². The second-order valence-corrected chi connectivity index (χ2v) is 4.14. The van der Waals surface area contributed by atoms with Gasteiger partial charge in [-0.3, -0.25) is 0 Å². The topological polar surface area (TPSA) is 35.8 Å². The molecule has 0 saturated carbocycles. The molecule has 1 N–H and O–H groups in total. The molecule has 0 aliphatic rings. The van der Waals surface area contributed by atoms with E-state index in [4.69, 9.17) is 5.26 Å². The van der Waals surface area contributed by atoms with Crippen LogP contribution in [-0.4, -0.2) is 0 Å². The van der Waals surface area contributed by atoms with Crippen molar-refractivity contribution in [3.63, 3.8) is 0 Å². The summed E-state index contributed by atoms with van der Waals surface area (Å²) in [5.41, 5.74) is 5.09. The normalized spacial score (nSPS) is 9.71. The fraction of sp³-hybridized carbons (Fsp3) is 0.133. The van der Waals surface area contributed by atoms with E-state index in [0.29, 0.717) is 5.56 Å². The molecule has 2 nitrogen and oxygen atoms in total. The molecule has 0 atom stereocenters. The molecule has 17 heavy (non-hydrogen) atoms. The Morgan fingerprint density at radius 3 is 2.53 bits per heavy atom. The van der Waals surface area contributed by atoms with Gasteiger partial charge < -0.3 is 5.32 Å². The lowest BCUT2D eigenvalue weighted by molar-refractivity contribution is 1.39. The fourth-order valence-corrected chi connectivity index (χ4v) is 1.75. The predicted octanol–water partition coefficient (Wildman–Crippen LogP) is 3.92. The summed E-state index contributed by atoms with van der Waals surface area (Å²) in [7, 11) is 0. The van der Waals surface area contributed by atoms with Gasteiger partial charge in [0.1, 0.15) is 0 Å². The first kappa shape index (κ1) is 11.2. The van der Waals surface area contributed by atoms with Crippen LogP contribution < -0.4 is 5.32 Å². The van der Waals surface area contributed by atoms with Gasteiger partial charge in [-0.15, -0.1) is 0 Å². The molecule has 0 saturated heterocycles. The van der Waals surface area contributed by atoms with Crippen molar-refractivity contribution in [2.24, 2.45) is 0 Å². The Morgan fingerprint density at radius 2 is 1.88 bits per heavy atom. The van der Waals surface area contributed by atoms with Gasteiger partial charge in [0.2, 0.25) is 0 Å². The van der Waals surface area contributed by atoms with E-state index in [0.717, 1.165) is 16.9 Å². The highest BCUT2D eigenvalue weighted by Crippen LogP contribution is 2.21. The molecule has 0 radical (unpaired) electrons. The third-order valence-corrected chi connectivity index (χ3v) is 2.65. The molecule has 0 aliphatic carbocycles. The smallest absolute Gasteiger partial charge is 0.0991 e. The van der Waals surface area contributed by atoms with Gasteiger partial charge in [0.05, 0.1) is 11.6 Å². The maximum Gasteiger partial charge on any atom is 0.0991 e. The van der Waals surface area contributed by atoms with Crippen LogP contribution in [0, 0.1) is 25.2 Å². The van der Waals surface area contributed by atoms with E-state index >= 15 is 0 Å². The van der Waals surface area contributed by atoms with E-state index in [2.05, 4.69) is 30.4 Å². The Labute approximate surface area is 102 Å². The van der Waals surface area contributed by atoms with Crippen LogP contribution in [0.3, 0.4) is 0 Å². The SMILES string of the molecule is Cc1cccc(Nc2ccc(C#N)cc2C)c1. The van der Waals surface area contributed by atoms with Crippen LogP contribution in [0.2, 0.25) is 0 Å². The van der Waals surface area contributed by atoms with Crippen LogP contribution in [0.1, 0.15) is 16.7 Å². The zero-order valence-corrected chi connectivity index (χ0v) is 9.99. The summed E-state index contributed by atoms with van der Waals surface area (Å²) in [6, 6.07) is 16.0.